The molecule has 0 spiro atoms. The summed E-state index contributed by atoms with van der Waals surface area (Å²) >= 11 is 0. The maximum Gasteiger partial charge on any atom is 0.176 e. The van der Waals surface area contributed by atoms with Gasteiger partial charge < -0.3 is 10.2 Å². The van der Waals surface area contributed by atoms with Gasteiger partial charge in [0.15, 0.2) is 5.78 Å². The fraction of sp³-hybridized carbons (Fsp3) is 0.500. The van der Waals surface area contributed by atoms with E-state index in [1.807, 2.05) is 19.1 Å². The zero-order valence-electron chi connectivity index (χ0n) is 8.04. The zero-order valence-corrected chi connectivity index (χ0v) is 8.04. The van der Waals surface area contributed by atoms with E-state index >= 15 is 0 Å². The van der Waals surface area contributed by atoms with Crippen molar-refractivity contribution in [1.82, 2.24) is 0 Å². The number of carbonyl (C=O) groups excluding carboxylic acids is 2. The molecule has 0 saturated carbocycles. The van der Waals surface area contributed by atoms with Crippen molar-refractivity contribution in [2.45, 2.75) is 26.7 Å². The third kappa shape index (κ3) is 5.06. The highest BCUT2D eigenvalue weighted by Crippen LogP contribution is 2.10. The third-order valence-corrected chi connectivity index (χ3v) is 1.73. The summed E-state index contributed by atoms with van der Waals surface area (Å²) in [5.74, 6) is -0.621. The molecular formula is C10H15NO2. The van der Waals surface area contributed by atoms with Crippen molar-refractivity contribution in [3.8, 4) is 0 Å². The highest BCUT2D eigenvalue weighted by Gasteiger charge is 2.16. The van der Waals surface area contributed by atoms with Crippen molar-refractivity contribution in [2.75, 3.05) is 0 Å². The van der Waals surface area contributed by atoms with Crippen LogP contribution in [0, 0.1) is 11.3 Å². The second-order valence-corrected chi connectivity index (χ2v) is 2.95. The van der Waals surface area contributed by atoms with E-state index in [1.54, 1.807) is 0 Å². The number of hydrogen-bond acceptors (Lipinski definition) is 3. The molecule has 0 saturated heterocycles. The molecule has 0 aromatic rings. The van der Waals surface area contributed by atoms with E-state index in [4.69, 9.17) is 5.41 Å². The van der Waals surface area contributed by atoms with E-state index in [0.717, 1.165) is 6.21 Å². The highest BCUT2D eigenvalue weighted by molar-refractivity contribution is 6.27. The zero-order chi connectivity index (χ0) is 10.3. The molecule has 0 fully saturated rings. The lowest BCUT2D eigenvalue weighted by Crippen LogP contribution is -2.17. The molecule has 0 amide bonds. The number of allylic oxidation sites excluding steroid dienone is 2. The molecule has 13 heavy (non-hydrogen) atoms. The SMILES string of the molecule is C/C=C/CC(CC(C)=O)C(=O)C=N. The normalized spacial score (nSPS) is 12.8. The van der Waals surface area contributed by atoms with Gasteiger partial charge in [0.25, 0.3) is 0 Å². The first-order valence-corrected chi connectivity index (χ1v) is 4.26. The van der Waals surface area contributed by atoms with Crippen LogP contribution in [-0.2, 0) is 9.59 Å². The lowest BCUT2D eigenvalue weighted by molar-refractivity contribution is -0.123. The van der Waals surface area contributed by atoms with Gasteiger partial charge in [0, 0.05) is 12.3 Å². The smallest absolute Gasteiger partial charge is 0.176 e. The predicted octanol–water partition coefficient (Wildman–Crippen LogP) is 1.77. The molecule has 1 atom stereocenters. The lowest BCUT2D eigenvalue weighted by Gasteiger charge is -2.07. The maximum absolute atomic E-state index is 11.1. The number of ketones is 2. The van der Waals surface area contributed by atoms with Crippen molar-refractivity contribution in [3.63, 3.8) is 0 Å². The lowest BCUT2D eigenvalue weighted by atomic mass is 9.95. The minimum atomic E-state index is -0.341. The maximum atomic E-state index is 11.1. The molecule has 0 aromatic carbocycles. The Morgan fingerprint density at radius 1 is 1.46 bits per heavy atom. The molecule has 0 heterocycles. The molecule has 0 aliphatic rings. The first-order chi connectivity index (χ1) is 6.11. The van der Waals surface area contributed by atoms with Gasteiger partial charge >= 0.3 is 0 Å². The van der Waals surface area contributed by atoms with Crippen LogP contribution in [0.2, 0.25) is 0 Å². The molecular weight excluding hydrogens is 166 g/mol. The van der Waals surface area contributed by atoms with Crippen LogP contribution in [0.15, 0.2) is 12.2 Å². The second kappa shape index (κ2) is 6.29. The van der Waals surface area contributed by atoms with E-state index in [-0.39, 0.29) is 23.9 Å². The molecule has 0 aliphatic heterocycles. The Morgan fingerprint density at radius 3 is 2.46 bits per heavy atom. The van der Waals surface area contributed by atoms with Crippen molar-refractivity contribution < 1.29 is 9.59 Å². The topological polar surface area (TPSA) is 58.0 Å². The summed E-state index contributed by atoms with van der Waals surface area (Å²) < 4.78 is 0. The summed E-state index contributed by atoms with van der Waals surface area (Å²) in [5, 5.41) is 6.81. The molecule has 1 N–H and O–H groups in total. The molecule has 3 heteroatoms. The summed E-state index contributed by atoms with van der Waals surface area (Å²) in [6, 6.07) is 0. The van der Waals surface area contributed by atoms with Crippen LogP contribution < -0.4 is 0 Å². The number of nitrogens with one attached hydrogen (secondary N) is 1. The van der Waals surface area contributed by atoms with Gasteiger partial charge in [0.2, 0.25) is 0 Å². The predicted molar refractivity (Wildman–Crippen MR) is 52.0 cm³/mol. The molecule has 0 bridgehead atoms. The van der Waals surface area contributed by atoms with Gasteiger partial charge in [-0.1, -0.05) is 12.2 Å². The Labute approximate surface area is 78.3 Å². The van der Waals surface area contributed by atoms with Gasteiger partial charge in [-0.3, -0.25) is 4.79 Å². The van der Waals surface area contributed by atoms with Crippen molar-refractivity contribution in [3.05, 3.63) is 12.2 Å². The highest BCUT2D eigenvalue weighted by atomic mass is 16.1. The Hall–Kier alpha value is -1.25. The first-order valence-electron chi connectivity index (χ1n) is 4.26. The van der Waals surface area contributed by atoms with Gasteiger partial charge in [-0.05, 0) is 20.3 Å². The summed E-state index contributed by atoms with van der Waals surface area (Å²) in [6.07, 6.45) is 5.25. The number of hydrogen-bond donors (Lipinski definition) is 1. The third-order valence-electron chi connectivity index (χ3n) is 1.73. The molecule has 0 radical (unpaired) electrons. The summed E-state index contributed by atoms with van der Waals surface area (Å²) in [6.45, 7) is 3.32. The van der Waals surface area contributed by atoms with E-state index in [1.165, 1.54) is 6.92 Å². The molecule has 3 nitrogen and oxygen atoms in total. The average molecular weight is 181 g/mol. The molecule has 0 rings (SSSR count). The van der Waals surface area contributed by atoms with Crippen molar-refractivity contribution >= 4 is 17.8 Å². The van der Waals surface area contributed by atoms with Crippen molar-refractivity contribution in [2.24, 2.45) is 5.92 Å². The van der Waals surface area contributed by atoms with Gasteiger partial charge in [-0.15, -0.1) is 0 Å². The largest absolute Gasteiger partial charge is 0.305 e. The Balaban J connectivity index is 4.26. The van der Waals surface area contributed by atoms with E-state index < -0.39 is 0 Å². The van der Waals surface area contributed by atoms with Crippen LogP contribution in [0.25, 0.3) is 0 Å². The van der Waals surface area contributed by atoms with Crippen LogP contribution in [0.5, 0.6) is 0 Å². The molecule has 72 valence electrons. The monoisotopic (exact) mass is 181 g/mol. The van der Waals surface area contributed by atoms with Gasteiger partial charge in [0.1, 0.15) is 5.78 Å². The summed E-state index contributed by atoms with van der Waals surface area (Å²) in [5.41, 5.74) is 0. The van der Waals surface area contributed by atoms with E-state index in [0.29, 0.717) is 6.42 Å². The van der Waals surface area contributed by atoms with Gasteiger partial charge in [-0.25, -0.2) is 0 Å². The van der Waals surface area contributed by atoms with Gasteiger partial charge in [0.05, 0.1) is 6.21 Å². The first kappa shape index (κ1) is 11.8. The second-order valence-electron chi connectivity index (χ2n) is 2.95. The fourth-order valence-corrected chi connectivity index (χ4v) is 1.07. The number of carbonyl (C=O) groups is 2. The standard InChI is InChI=1S/C10H15NO2/c1-3-4-5-9(6-8(2)12)10(13)7-11/h3-4,7,9,11H,5-6H2,1-2H3/b4-3+,11-7?. The van der Waals surface area contributed by atoms with Crippen LogP contribution in [0.3, 0.4) is 0 Å². The molecule has 0 aliphatic carbocycles. The quantitative estimate of drug-likeness (QED) is 0.501. The summed E-state index contributed by atoms with van der Waals surface area (Å²) in [7, 11) is 0. The number of Topliss-reactive ketones (excluding diaryl/α,β-unsaturated/α-hetero) is 2. The van der Waals surface area contributed by atoms with Gasteiger partial charge in [-0.2, -0.15) is 0 Å². The minimum Gasteiger partial charge on any atom is -0.305 e. The van der Waals surface area contributed by atoms with Crippen LogP contribution in [0.4, 0.5) is 0 Å². The van der Waals surface area contributed by atoms with Crippen molar-refractivity contribution in [1.29, 1.82) is 5.41 Å². The average Bonchev–Trinajstić information content (AvgIpc) is 2.10. The Kier molecular flexibility index (Phi) is 5.68. The summed E-state index contributed by atoms with van der Waals surface area (Å²) in [4.78, 5) is 21.9. The molecule has 0 aromatic heterocycles. The minimum absolute atomic E-state index is 0.00953. The van der Waals surface area contributed by atoms with E-state index in [2.05, 4.69) is 0 Å². The number of rotatable bonds is 6. The fourth-order valence-electron chi connectivity index (χ4n) is 1.07. The van der Waals surface area contributed by atoms with Crippen LogP contribution in [0.1, 0.15) is 26.7 Å². The van der Waals surface area contributed by atoms with E-state index in [9.17, 15) is 9.59 Å². The van der Waals surface area contributed by atoms with Crippen LogP contribution >= 0.6 is 0 Å². The Morgan fingerprint density at radius 2 is 2.08 bits per heavy atom. The molecule has 1 unspecified atom stereocenters. The Bertz CT molecular complexity index is 231. The van der Waals surface area contributed by atoms with Crippen LogP contribution in [-0.4, -0.2) is 17.8 Å².